The smallest absolute Gasteiger partial charge is 0.153 e. The van der Waals surface area contributed by atoms with Crippen molar-refractivity contribution in [3.8, 4) is 0 Å². The van der Waals surface area contributed by atoms with E-state index in [0.717, 1.165) is 0 Å². The van der Waals surface area contributed by atoms with E-state index in [2.05, 4.69) is 0 Å². The second-order valence-electron chi connectivity index (χ2n) is 3.19. The molecule has 1 aliphatic rings. The highest BCUT2D eigenvalue weighted by molar-refractivity contribution is 7.91. The van der Waals surface area contributed by atoms with Crippen molar-refractivity contribution in [2.45, 2.75) is 19.0 Å². The van der Waals surface area contributed by atoms with Crippen molar-refractivity contribution in [3.05, 3.63) is 0 Å². The summed E-state index contributed by atoms with van der Waals surface area (Å²) in [5, 5.41) is 8.55. The number of hydrogen-bond acceptors (Lipinski definition) is 3. The third-order valence-electron chi connectivity index (χ3n) is 2.22. The van der Waals surface area contributed by atoms with E-state index >= 15 is 0 Å². The summed E-state index contributed by atoms with van der Waals surface area (Å²) in [4.78, 5) is 0. The van der Waals surface area contributed by atoms with Crippen LogP contribution in [0, 0.1) is 5.92 Å². The Balaban J connectivity index is 2.54. The fraction of sp³-hybridized carbons (Fsp3) is 1.00. The summed E-state index contributed by atoms with van der Waals surface area (Å²) in [6, 6.07) is 0. The Morgan fingerprint density at radius 3 is 2.67 bits per heavy atom. The van der Waals surface area contributed by atoms with Crippen LogP contribution in [0.1, 0.15) is 12.8 Å². The van der Waals surface area contributed by atoms with Crippen LogP contribution in [-0.2, 0) is 9.84 Å². The number of aliphatic hydroxyl groups excluding tert-OH is 1. The van der Waals surface area contributed by atoms with E-state index in [9.17, 15) is 12.8 Å². The Hall–Kier alpha value is -0.160. The SMILES string of the molecule is O=S1(=O)CCC(CCO)C(F)C1. The monoisotopic (exact) mass is 196 g/mol. The lowest BCUT2D eigenvalue weighted by molar-refractivity contribution is 0.181. The molecule has 1 fully saturated rings. The first-order valence-electron chi connectivity index (χ1n) is 4.00. The first-order valence-corrected chi connectivity index (χ1v) is 5.82. The summed E-state index contributed by atoms with van der Waals surface area (Å²) >= 11 is 0. The topological polar surface area (TPSA) is 54.4 Å². The quantitative estimate of drug-likeness (QED) is 0.683. The molecule has 72 valence electrons. The number of aliphatic hydroxyl groups is 1. The first-order chi connectivity index (χ1) is 5.55. The maximum absolute atomic E-state index is 13.0. The van der Waals surface area contributed by atoms with Crippen LogP contribution in [0.5, 0.6) is 0 Å². The fourth-order valence-electron chi connectivity index (χ4n) is 1.46. The number of alkyl halides is 1. The summed E-state index contributed by atoms with van der Waals surface area (Å²) < 4.78 is 34.9. The van der Waals surface area contributed by atoms with Gasteiger partial charge in [0.15, 0.2) is 9.84 Å². The number of rotatable bonds is 2. The van der Waals surface area contributed by atoms with Gasteiger partial charge in [0.2, 0.25) is 0 Å². The second kappa shape index (κ2) is 3.70. The molecule has 5 heteroatoms. The highest BCUT2D eigenvalue weighted by Gasteiger charge is 2.32. The summed E-state index contributed by atoms with van der Waals surface area (Å²) in [7, 11) is -3.14. The van der Waals surface area contributed by atoms with E-state index in [1.165, 1.54) is 0 Å². The second-order valence-corrected chi connectivity index (χ2v) is 5.42. The third kappa shape index (κ3) is 2.42. The molecular weight excluding hydrogens is 183 g/mol. The zero-order valence-corrected chi connectivity index (χ0v) is 7.56. The van der Waals surface area contributed by atoms with Gasteiger partial charge in [-0.15, -0.1) is 0 Å². The van der Waals surface area contributed by atoms with Crippen molar-refractivity contribution in [3.63, 3.8) is 0 Å². The fourth-order valence-corrected chi connectivity index (χ4v) is 3.05. The predicted octanol–water partition coefficient (Wildman–Crippen LogP) is 0.142. The summed E-state index contributed by atoms with van der Waals surface area (Å²) in [5.41, 5.74) is 0. The molecular formula is C7H13FO3S. The molecule has 1 N–H and O–H groups in total. The zero-order chi connectivity index (χ0) is 9.19. The minimum atomic E-state index is -3.14. The highest BCUT2D eigenvalue weighted by Crippen LogP contribution is 2.24. The van der Waals surface area contributed by atoms with Crippen molar-refractivity contribution < 1.29 is 17.9 Å². The Bertz CT molecular complexity index is 237. The van der Waals surface area contributed by atoms with Gasteiger partial charge in [-0.05, 0) is 18.8 Å². The van der Waals surface area contributed by atoms with E-state index in [1.807, 2.05) is 0 Å². The van der Waals surface area contributed by atoms with Crippen molar-refractivity contribution in [1.29, 1.82) is 0 Å². The van der Waals surface area contributed by atoms with Crippen LogP contribution in [-0.4, -0.2) is 37.8 Å². The molecule has 12 heavy (non-hydrogen) atoms. The molecule has 0 spiro atoms. The molecule has 1 rings (SSSR count). The van der Waals surface area contributed by atoms with Crippen LogP contribution in [0.4, 0.5) is 4.39 Å². The molecule has 1 aliphatic heterocycles. The first kappa shape index (κ1) is 9.92. The molecule has 1 saturated heterocycles. The highest BCUT2D eigenvalue weighted by atomic mass is 32.2. The van der Waals surface area contributed by atoms with Crippen LogP contribution in [0.2, 0.25) is 0 Å². The lowest BCUT2D eigenvalue weighted by Crippen LogP contribution is -2.34. The van der Waals surface area contributed by atoms with E-state index < -0.39 is 16.0 Å². The Kier molecular flexibility index (Phi) is 3.06. The predicted molar refractivity (Wildman–Crippen MR) is 43.4 cm³/mol. The van der Waals surface area contributed by atoms with E-state index in [-0.39, 0.29) is 24.0 Å². The van der Waals surface area contributed by atoms with Gasteiger partial charge < -0.3 is 5.11 Å². The molecule has 3 nitrogen and oxygen atoms in total. The van der Waals surface area contributed by atoms with Crippen LogP contribution >= 0.6 is 0 Å². The van der Waals surface area contributed by atoms with Gasteiger partial charge in [0.25, 0.3) is 0 Å². The Labute approximate surface area is 71.5 Å². The van der Waals surface area contributed by atoms with E-state index in [4.69, 9.17) is 5.11 Å². The maximum atomic E-state index is 13.0. The standard InChI is InChI=1S/C7H13FO3S/c8-7-5-12(10,11)4-2-6(7)1-3-9/h6-7,9H,1-5H2. The number of halogens is 1. The summed E-state index contributed by atoms with van der Waals surface area (Å²) in [6.07, 6.45) is -0.559. The molecule has 0 bridgehead atoms. The van der Waals surface area contributed by atoms with Gasteiger partial charge in [0.05, 0.1) is 11.5 Å². The van der Waals surface area contributed by atoms with Crippen LogP contribution in [0.25, 0.3) is 0 Å². The molecule has 0 amide bonds. The largest absolute Gasteiger partial charge is 0.396 e. The van der Waals surface area contributed by atoms with Crippen molar-refractivity contribution in [1.82, 2.24) is 0 Å². The Morgan fingerprint density at radius 1 is 1.50 bits per heavy atom. The van der Waals surface area contributed by atoms with Gasteiger partial charge in [0, 0.05) is 6.61 Å². The Morgan fingerprint density at radius 2 is 2.17 bits per heavy atom. The third-order valence-corrected chi connectivity index (χ3v) is 3.91. The lowest BCUT2D eigenvalue weighted by Gasteiger charge is -2.24. The molecule has 2 atom stereocenters. The molecule has 0 aliphatic carbocycles. The number of sulfone groups is 1. The van der Waals surface area contributed by atoms with Gasteiger partial charge >= 0.3 is 0 Å². The van der Waals surface area contributed by atoms with Crippen LogP contribution in [0.15, 0.2) is 0 Å². The van der Waals surface area contributed by atoms with Gasteiger partial charge in [-0.1, -0.05) is 0 Å². The van der Waals surface area contributed by atoms with Crippen molar-refractivity contribution >= 4 is 9.84 Å². The molecule has 0 radical (unpaired) electrons. The van der Waals surface area contributed by atoms with E-state index in [1.54, 1.807) is 0 Å². The molecule has 0 saturated carbocycles. The van der Waals surface area contributed by atoms with Gasteiger partial charge in [0.1, 0.15) is 6.17 Å². The molecule has 0 aromatic rings. The van der Waals surface area contributed by atoms with Crippen molar-refractivity contribution in [2.75, 3.05) is 18.1 Å². The van der Waals surface area contributed by atoms with Crippen LogP contribution in [0.3, 0.4) is 0 Å². The summed E-state index contributed by atoms with van der Waals surface area (Å²) in [6.45, 7) is -0.0644. The minimum Gasteiger partial charge on any atom is -0.396 e. The minimum absolute atomic E-state index is 0.0644. The molecule has 0 aromatic heterocycles. The molecule has 1 heterocycles. The molecule has 2 unspecified atom stereocenters. The van der Waals surface area contributed by atoms with Crippen molar-refractivity contribution in [2.24, 2.45) is 5.92 Å². The zero-order valence-electron chi connectivity index (χ0n) is 6.74. The normalized spacial score (nSPS) is 34.8. The lowest BCUT2D eigenvalue weighted by atomic mass is 9.98. The average molecular weight is 196 g/mol. The average Bonchev–Trinajstić information content (AvgIpc) is 1.94. The van der Waals surface area contributed by atoms with Crippen LogP contribution < -0.4 is 0 Å². The van der Waals surface area contributed by atoms with E-state index in [0.29, 0.717) is 12.8 Å². The number of hydrogen-bond donors (Lipinski definition) is 1. The van der Waals surface area contributed by atoms with Gasteiger partial charge in [-0.3, -0.25) is 0 Å². The molecule has 0 aromatic carbocycles. The maximum Gasteiger partial charge on any atom is 0.153 e. The summed E-state index contributed by atoms with van der Waals surface area (Å²) in [5.74, 6) is -0.561. The van der Waals surface area contributed by atoms with Gasteiger partial charge in [-0.2, -0.15) is 0 Å². The van der Waals surface area contributed by atoms with Gasteiger partial charge in [-0.25, -0.2) is 12.8 Å².